The number of pyridine rings is 1. The SMILES string of the molecule is c1ccc2c(c1)ccc1c3c(cnc12)C1CC2CCC4CC3C241. The van der Waals surface area contributed by atoms with Gasteiger partial charge in [0.2, 0.25) is 0 Å². The minimum absolute atomic E-state index is 0.684. The summed E-state index contributed by atoms with van der Waals surface area (Å²) in [7, 11) is 0. The Kier molecular flexibility index (Phi) is 1.74. The molecule has 1 heteroatoms. The normalized spacial score (nSPS) is 38.8. The van der Waals surface area contributed by atoms with Crippen molar-refractivity contribution in [3.63, 3.8) is 0 Å². The predicted octanol–water partition coefficient (Wildman–Crippen LogP) is 5.39. The first-order valence-corrected chi connectivity index (χ1v) is 9.19. The first-order chi connectivity index (χ1) is 11.4. The van der Waals surface area contributed by atoms with Crippen LogP contribution in [0.25, 0.3) is 21.7 Å². The van der Waals surface area contributed by atoms with E-state index in [0.717, 1.165) is 23.7 Å². The smallest absolute Gasteiger partial charge is 0.0783 e. The molecule has 3 aromatic rings. The number of hydrogen-bond donors (Lipinski definition) is 0. The number of aromatic nitrogens is 1. The average molecular weight is 297 g/mol. The molecule has 0 saturated heterocycles. The van der Waals surface area contributed by atoms with Crippen LogP contribution in [0.1, 0.15) is 48.6 Å². The summed E-state index contributed by atoms with van der Waals surface area (Å²) >= 11 is 0. The summed E-state index contributed by atoms with van der Waals surface area (Å²) in [6.45, 7) is 0. The molecule has 4 aliphatic carbocycles. The van der Waals surface area contributed by atoms with Crippen molar-refractivity contribution in [2.45, 2.75) is 37.5 Å². The first kappa shape index (κ1) is 11.6. The van der Waals surface area contributed by atoms with Gasteiger partial charge in [0.25, 0.3) is 0 Å². The highest BCUT2D eigenvalue weighted by Crippen LogP contribution is 2.84. The van der Waals surface area contributed by atoms with Gasteiger partial charge in [-0.05, 0) is 71.3 Å². The Morgan fingerprint density at radius 2 is 1.70 bits per heavy atom. The predicted molar refractivity (Wildman–Crippen MR) is 92.6 cm³/mol. The Morgan fingerprint density at radius 3 is 2.61 bits per heavy atom. The van der Waals surface area contributed by atoms with Gasteiger partial charge in [-0.25, -0.2) is 0 Å². The summed E-state index contributed by atoms with van der Waals surface area (Å²) in [4.78, 5) is 4.96. The van der Waals surface area contributed by atoms with E-state index in [2.05, 4.69) is 42.6 Å². The van der Waals surface area contributed by atoms with Crippen LogP contribution in [0.15, 0.2) is 42.6 Å². The van der Waals surface area contributed by atoms with E-state index >= 15 is 0 Å². The van der Waals surface area contributed by atoms with Gasteiger partial charge in [0, 0.05) is 17.0 Å². The van der Waals surface area contributed by atoms with E-state index < -0.39 is 0 Å². The molecule has 7 rings (SSSR count). The van der Waals surface area contributed by atoms with E-state index in [9.17, 15) is 0 Å². The zero-order valence-corrected chi connectivity index (χ0v) is 13.1. The van der Waals surface area contributed by atoms with E-state index in [0.29, 0.717) is 5.41 Å². The monoisotopic (exact) mass is 297 g/mol. The van der Waals surface area contributed by atoms with Gasteiger partial charge in [-0.2, -0.15) is 0 Å². The van der Waals surface area contributed by atoms with Gasteiger partial charge >= 0.3 is 0 Å². The molecular formula is C22H19N. The van der Waals surface area contributed by atoms with E-state index in [4.69, 9.17) is 4.98 Å². The third-order valence-corrected chi connectivity index (χ3v) is 8.08. The average Bonchev–Trinajstić information content (AvgIpc) is 2.87. The zero-order valence-electron chi connectivity index (χ0n) is 13.1. The second-order valence-corrected chi connectivity index (χ2v) is 8.36. The lowest BCUT2D eigenvalue weighted by molar-refractivity contribution is -0.0987. The number of nitrogens with zero attached hydrogens (tertiary/aromatic N) is 1. The molecule has 4 aliphatic rings. The molecule has 2 aromatic carbocycles. The molecular weight excluding hydrogens is 278 g/mol. The van der Waals surface area contributed by atoms with Crippen LogP contribution in [0.5, 0.6) is 0 Å². The lowest BCUT2D eigenvalue weighted by Gasteiger charge is -2.62. The highest BCUT2D eigenvalue weighted by molar-refractivity contribution is 6.06. The molecule has 0 N–H and O–H groups in total. The summed E-state index contributed by atoms with van der Waals surface area (Å²) in [6.07, 6.45) is 8.15. The molecule has 3 fully saturated rings. The molecule has 1 heterocycles. The van der Waals surface area contributed by atoms with E-state index in [1.807, 2.05) is 0 Å². The summed E-state index contributed by atoms with van der Waals surface area (Å²) in [5.41, 5.74) is 5.24. The van der Waals surface area contributed by atoms with Crippen LogP contribution in [-0.4, -0.2) is 4.98 Å². The van der Waals surface area contributed by atoms with Gasteiger partial charge in [-0.15, -0.1) is 0 Å². The van der Waals surface area contributed by atoms with E-state index in [-0.39, 0.29) is 0 Å². The summed E-state index contributed by atoms with van der Waals surface area (Å²) in [6, 6.07) is 13.4. The number of fused-ring (bicyclic) bond motifs is 7. The number of rotatable bonds is 0. The Balaban J connectivity index is 1.58. The van der Waals surface area contributed by atoms with Crippen molar-refractivity contribution in [1.82, 2.24) is 4.98 Å². The van der Waals surface area contributed by atoms with Gasteiger partial charge in [-0.1, -0.05) is 36.4 Å². The van der Waals surface area contributed by atoms with E-state index in [1.54, 1.807) is 11.1 Å². The quantitative estimate of drug-likeness (QED) is 0.507. The fourth-order valence-electron chi connectivity index (χ4n) is 7.32. The maximum atomic E-state index is 4.96. The van der Waals surface area contributed by atoms with Crippen LogP contribution in [0.2, 0.25) is 0 Å². The number of hydrogen-bond acceptors (Lipinski definition) is 1. The molecule has 1 nitrogen and oxygen atoms in total. The first-order valence-electron chi connectivity index (χ1n) is 9.19. The van der Waals surface area contributed by atoms with Crippen LogP contribution in [0.3, 0.4) is 0 Å². The highest BCUT2D eigenvalue weighted by Gasteiger charge is 2.75. The third kappa shape index (κ3) is 1.03. The maximum Gasteiger partial charge on any atom is 0.0783 e. The maximum absolute atomic E-state index is 4.96. The minimum atomic E-state index is 0.684. The summed E-state index contributed by atoms with van der Waals surface area (Å²) in [5.74, 6) is 3.75. The standard InChI is InChI=1S/C22H19N/c1-2-4-15-12(3-1)5-8-16-20-17(11-23-21(15)16)18-9-13-6-7-14-10-19(20)22(13,14)18/h1-5,8,11,13-14,18-19H,6-7,9-10H2. The molecule has 5 atom stereocenters. The Bertz CT molecular complexity index is 1010. The van der Waals surface area contributed by atoms with Crippen LogP contribution in [-0.2, 0) is 0 Å². The molecule has 5 unspecified atom stereocenters. The van der Waals surface area contributed by atoms with Crippen molar-refractivity contribution in [3.05, 3.63) is 53.7 Å². The fraction of sp³-hybridized carbons (Fsp3) is 0.409. The highest BCUT2D eigenvalue weighted by atomic mass is 14.8. The zero-order chi connectivity index (χ0) is 14.8. The minimum Gasteiger partial charge on any atom is -0.255 e. The summed E-state index contributed by atoms with van der Waals surface area (Å²) < 4.78 is 0. The fourth-order valence-corrected chi connectivity index (χ4v) is 7.32. The number of benzene rings is 2. The van der Waals surface area contributed by atoms with Crippen LogP contribution in [0.4, 0.5) is 0 Å². The van der Waals surface area contributed by atoms with Crippen molar-refractivity contribution < 1.29 is 0 Å². The Labute approximate surface area is 135 Å². The largest absolute Gasteiger partial charge is 0.255 e. The topological polar surface area (TPSA) is 12.9 Å². The lowest BCUT2D eigenvalue weighted by Crippen LogP contribution is -2.54. The van der Waals surface area contributed by atoms with Gasteiger partial charge in [0.15, 0.2) is 0 Å². The van der Waals surface area contributed by atoms with Crippen molar-refractivity contribution in [1.29, 1.82) is 0 Å². The van der Waals surface area contributed by atoms with Crippen LogP contribution < -0.4 is 0 Å². The van der Waals surface area contributed by atoms with Crippen LogP contribution in [0, 0.1) is 17.3 Å². The summed E-state index contributed by atoms with van der Waals surface area (Å²) in [5, 5.41) is 4.10. The van der Waals surface area contributed by atoms with Crippen LogP contribution >= 0.6 is 0 Å². The van der Waals surface area contributed by atoms with E-state index in [1.165, 1.54) is 47.4 Å². The Morgan fingerprint density at radius 1 is 0.870 bits per heavy atom. The van der Waals surface area contributed by atoms with Gasteiger partial charge in [-0.3, -0.25) is 4.98 Å². The molecule has 112 valence electrons. The molecule has 0 bridgehead atoms. The molecule has 1 aromatic heterocycles. The van der Waals surface area contributed by atoms with Crippen molar-refractivity contribution in [2.75, 3.05) is 0 Å². The second kappa shape index (κ2) is 3.45. The third-order valence-electron chi connectivity index (χ3n) is 8.08. The molecule has 0 amide bonds. The Hall–Kier alpha value is -1.89. The molecule has 3 saturated carbocycles. The van der Waals surface area contributed by atoms with Gasteiger partial charge in [0.1, 0.15) is 0 Å². The molecule has 1 spiro atoms. The lowest BCUT2D eigenvalue weighted by atomic mass is 9.41. The molecule has 0 aliphatic heterocycles. The second-order valence-electron chi connectivity index (χ2n) is 8.36. The van der Waals surface area contributed by atoms with Crippen molar-refractivity contribution in [3.8, 4) is 0 Å². The molecule has 0 radical (unpaired) electrons. The van der Waals surface area contributed by atoms with Gasteiger partial charge < -0.3 is 0 Å². The van der Waals surface area contributed by atoms with Gasteiger partial charge in [0.05, 0.1) is 5.52 Å². The molecule has 23 heavy (non-hydrogen) atoms. The van der Waals surface area contributed by atoms with Crippen molar-refractivity contribution >= 4 is 21.7 Å². The van der Waals surface area contributed by atoms with Crippen molar-refractivity contribution in [2.24, 2.45) is 17.3 Å².